The number of halogens is 2. The van der Waals surface area contributed by atoms with Crippen molar-refractivity contribution in [1.82, 2.24) is 15.3 Å². The second-order valence-corrected chi connectivity index (χ2v) is 9.71. The number of hydrogen-bond donors (Lipinski definition) is 2. The lowest BCUT2D eigenvalue weighted by atomic mass is 10.1. The summed E-state index contributed by atoms with van der Waals surface area (Å²) >= 11 is 8.87. The first-order valence-electron chi connectivity index (χ1n) is 9.81. The number of benzene rings is 2. The van der Waals surface area contributed by atoms with Gasteiger partial charge in [-0.05, 0) is 36.2 Å². The van der Waals surface area contributed by atoms with Gasteiger partial charge < -0.3 is 10.3 Å². The molecule has 9 heteroatoms. The third-order valence-electron chi connectivity index (χ3n) is 4.90. The zero-order valence-electron chi connectivity index (χ0n) is 17.0. The molecule has 5 nitrogen and oxygen atoms in total. The molecule has 0 saturated carbocycles. The van der Waals surface area contributed by atoms with Gasteiger partial charge in [0.1, 0.15) is 16.5 Å². The first-order valence-corrected chi connectivity index (χ1v) is 12.1. The summed E-state index contributed by atoms with van der Waals surface area (Å²) in [6.07, 6.45) is 0. The number of thiophene rings is 1. The number of rotatable bonds is 7. The van der Waals surface area contributed by atoms with Crippen LogP contribution in [0, 0.1) is 5.82 Å². The minimum absolute atomic E-state index is 0.118. The minimum Gasteiger partial charge on any atom is -0.351 e. The maximum atomic E-state index is 13.2. The summed E-state index contributed by atoms with van der Waals surface area (Å²) in [7, 11) is 0. The predicted molar refractivity (Wildman–Crippen MR) is 130 cm³/mol. The van der Waals surface area contributed by atoms with E-state index in [4.69, 9.17) is 11.6 Å². The molecular weight excluding hydrogens is 469 g/mol. The van der Waals surface area contributed by atoms with Gasteiger partial charge in [0.25, 0.3) is 5.56 Å². The van der Waals surface area contributed by atoms with Crippen LogP contribution in [0.15, 0.2) is 58.7 Å². The molecular formula is C23H19ClFN3O2S2. The monoisotopic (exact) mass is 487 g/mol. The summed E-state index contributed by atoms with van der Waals surface area (Å²) in [5, 5.41) is 5.49. The van der Waals surface area contributed by atoms with E-state index in [0.717, 1.165) is 16.7 Å². The van der Waals surface area contributed by atoms with E-state index in [2.05, 4.69) is 15.3 Å². The van der Waals surface area contributed by atoms with E-state index in [9.17, 15) is 14.0 Å². The molecule has 0 radical (unpaired) electrons. The molecule has 2 heterocycles. The highest BCUT2D eigenvalue weighted by molar-refractivity contribution is 7.99. The smallest absolute Gasteiger partial charge is 0.260 e. The molecule has 2 aromatic carbocycles. The lowest BCUT2D eigenvalue weighted by Crippen LogP contribution is -2.30. The van der Waals surface area contributed by atoms with Crippen molar-refractivity contribution >= 4 is 50.8 Å². The van der Waals surface area contributed by atoms with Crippen LogP contribution >= 0.6 is 34.7 Å². The molecule has 0 unspecified atom stereocenters. The van der Waals surface area contributed by atoms with E-state index >= 15 is 0 Å². The lowest BCUT2D eigenvalue weighted by molar-refractivity contribution is -0.120. The van der Waals surface area contributed by atoms with Gasteiger partial charge in [0, 0.05) is 22.5 Å². The van der Waals surface area contributed by atoms with Crippen molar-refractivity contribution in [2.75, 3.05) is 0 Å². The fourth-order valence-electron chi connectivity index (χ4n) is 3.15. The number of carbonyl (C=O) groups excluding carboxylic acids is 1. The molecule has 4 aromatic rings. The molecule has 2 N–H and O–H groups in total. The second kappa shape index (κ2) is 9.85. The number of H-pyrrole nitrogens is 1. The zero-order chi connectivity index (χ0) is 22.7. The maximum absolute atomic E-state index is 13.2. The van der Waals surface area contributed by atoms with Gasteiger partial charge in [-0.15, -0.1) is 23.1 Å². The zero-order valence-corrected chi connectivity index (χ0v) is 19.4. The van der Waals surface area contributed by atoms with Gasteiger partial charge in [0.2, 0.25) is 5.91 Å². The summed E-state index contributed by atoms with van der Waals surface area (Å²) in [6.45, 7) is 2.16. The van der Waals surface area contributed by atoms with Crippen LogP contribution < -0.4 is 10.9 Å². The Labute approximate surface area is 197 Å². The topological polar surface area (TPSA) is 74.8 Å². The number of aromatic amines is 1. The molecule has 0 spiro atoms. The number of thioether (sulfide) groups is 1. The first kappa shape index (κ1) is 22.5. The van der Waals surface area contributed by atoms with Gasteiger partial charge in [0.05, 0.1) is 16.4 Å². The normalized spacial score (nSPS) is 12.1. The number of aromatic nitrogens is 2. The van der Waals surface area contributed by atoms with Gasteiger partial charge in [-0.2, -0.15) is 0 Å². The third-order valence-corrected chi connectivity index (χ3v) is 7.29. The fourth-order valence-corrected chi connectivity index (χ4v) is 5.10. The average Bonchev–Trinajstić information content (AvgIpc) is 3.22. The van der Waals surface area contributed by atoms with Crippen LogP contribution in [0.5, 0.6) is 0 Å². The molecule has 164 valence electrons. The van der Waals surface area contributed by atoms with Crippen molar-refractivity contribution in [1.29, 1.82) is 0 Å². The van der Waals surface area contributed by atoms with Crippen LogP contribution in [0.3, 0.4) is 0 Å². The lowest BCUT2D eigenvalue weighted by Gasteiger charge is -2.12. The van der Waals surface area contributed by atoms with Crippen molar-refractivity contribution in [2.45, 2.75) is 24.5 Å². The second-order valence-electron chi connectivity index (χ2n) is 7.11. The Hall–Kier alpha value is -2.68. The van der Waals surface area contributed by atoms with Gasteiger partial charge in [-0.25, -0.2) is 9.37 Å². The van der Waals surface area contributed by atoms with Crippen molar-refractivity contribution < 1.29 is 9.18 Å². The molecule has 32 heavy (non-hydrogen) atoms. The standard InChI is InChI=1S/C23H19ClFN3O2S2/c1-13(21(29)26-10-15-4-2-3-5-18(15)24)31-12-19-27-22(30)20-17(11-32-23(20)28-19)14-6-8-16(25)9-7-14/h2-9,11,13H,10,12H2,1H3,(H,26,29)(H,27,28,30)/t13-/m1/s1. The van der Waals surface area contributed by atoms with Crippen LogP contribution in [-0.2, 0) is 17.1 Å². The van der Waals surface area contributed by atoms with Crippen LogP contribution in [-0.4, -0.2) is 21.1 Å². The Bertz CT molecular complexity index is 1320. The molecule has 0 bridgehead atoms. The number of fused-ring (bicyclic) bond motifs is 1. The van der Waals surface area contributed by atoms with Crippen molar-refractivity contribution in [3.05, 3.63) is 86.5 Å². The Balaban J connectivity index is 1.42. The van der Waals surface area contributed by atoms with Gasteiger partial charge in [-0.1, -0.05) is 41.9 Å². The van der Waals surface area contributed by atoms with Crippen LogP contribution in [0.1, 0.15) is 18.3 Å². The number of hydrogen-bond acceptors (Lipinski definition) is 5. The Kier molecular flexibility index (Phi) is 6.93. The van der Waals surface area contributed by atoms with Crippen LogP contribution in [0.4, 0.5) is 4.39 Å². The summed E-state index contributed by atoms with van der Waals surface area (Å²) in [6, 6.07) is 13.4. The summed E-state index contributed by atoms with van der Waals surface area (Å²) in [4.78, 5) is 33.1. The van der Waals surface area contributed by atoms with Crippen molar-refractivity contribution in [2.24, 2.45) is 0 Å². The molecule has 0 aliphatic carbocycles. The van der Waals surface area contributed by atoms with E-state index < -0.39 is 0 Å². The highest BCUT2D eigenvalue weighted by Crippen LogP contribution is 2.31. The minimum atomic E-state index is -0.336. The number of amides is 1. The van der Waals surface area contributed by atoms with Gasteiger partial charge in [-0.3, -0.25) is 9.59 Å². The molecule has 4 rings (SSSR count). The van der Waals surface area contributed by atoms with Crippen LogP contribution in [0.25, 0.3) is 21.3 Å². The van der Waals surface area contributed by atoms with E-state index in [1.165, 1.54) is 35.2 Å². The number of carbonyl (C=O) groups is 1. The summed E-state index contributed by atoms with van der Waals surface area (Å²) < 4.78 is 13.2. The average molecular weight is 488 g/mol. The SMILES string of the molecule is C[C@@H](SCc1nc2scc(-c3ccc(F)cc3)c2c(=O)[nH]1)C(=O)NCc1ccccc1Cl. The highest BCUT2D eigenvalue weighted by Gasteiger charge is 2.17. The summed E-state index contributed by atoms with van der Waals surface area (Å²) in [5.41, 5.74) is 2.09. The van der Waals surface area contributed by atoms with Gasteiger partial charge >= 0.3 is 0 Å². The molecule has 0 fully saturated rings. The fraction of sp³-hybridized carbons (Fsp3) is 0.174. The molecule has 0 aliphatic rings. The molecule has 0 aliphatic heterocycles. The first-order chi connectivity index (χ1) is 15.4. The highest BCUT2D eigenvalue weighted by atomic mass is 35.5. The van der Waals surface area contributed by atoms with E-state index in [1.807, 2.05) is 23.6 Å². The predicted octanol–water partition coefficient (Wildman–Crippen LogP) is 5.38. The van der Waals surface area contributed by atoms with E-state index in [0.29, 0.717) is 33.4 Å². The summed E-state index contributed by atoms with van der Waals surface area (Å²) in [5.74, 6) is 0.443. The molecule has 1 amide bonds. The quantitative estimate of drug-likeness (QED) is 0.367. The number of nitrogens with one attached hydrogen (secondary N) is 2. The Morgan fingerprint density at radius 1 is 1.25 bits per heavy atom. The maximum Gasteiger partial charge on any atom is 0.260 e. The Morgan fingerprint density at radius 3 is 2.75 bits per heavy atom. The van der Waals surface area contributed by atoms with Gasteiger partial charge in [0.15, 0.2) is 0 Å². The van der Waals surface area contributed by atoms with Crippen molar-refractivity contribution in [3.8, 4) is 11.1 Å². The third kappa shape index (κ3) is 5.03. The van der Waals surface area contributed by atoms with Crippen LogP contribution in [0.2, 0.25) is 5.02 Å². The van der Waals surface area contributed by atoms with E-state index in [1.54, 1.807) is 25.1 Å². The van der Waals surface area contributed by atoms with E-state index in [-0.39, 0.29) is 22.5 Å². The Morgan fingerprint density at radius 2 is 2.00 bits per heavy atom. The molecule has 1 atom stereocenters. The molecule has 0 saturated heterocycles. The largest absolute Gasteiger partial charge is 0.351 e. The van der Waals surface area contributed by atoms with Crippen molar-refractivity contribution in [3.63, 3.8) is 0 Å². The molecule has 2 aromatic heterocycles. The number of nitrogens with zero attached hydrogens (tertiary/aromatic N) is 1.